The van der Waals surface area contributed by atoms with Crippen LogP contribution in [0.4, 0.5) is 4.39 Å². The maximum Gasteiger partial charge on any atom is 0.354 e. The first kappa shape index (κ1) is 26.0. The normalized spacial score (nSPS) is 13.3. The Morgan fingerprint density at radius 1 is 1.11 bits per heavy atom. The van der Waals surface area contributed by atoms with Crippen LogP contribution < -0.4 is 22.9 Å². The topological polar surface area (TPSA) is 129 Å². The van der Waals surface area contributed by atoms with Crippen molar-refractivity contribution < 1.29 is 4.39 Å². The molecule has 7 N–H and O–H groups in total. The average Bonchev–Trinajstić information content (AvgIpc) is 3.26. The molecule has 0 aliphatic carbocycles. The van der Waals surface area contributed by atoms with E-state index >= 15 is 0 Å². The highest BCUT2D eigenvalue weighted by Gasteiger charge is 2.16. The van der Waals surface area contributed by atoms with E-state index in [1.165, 1.54) is 4.57 Å². The predicted molar refractivity (Wildman–Crippen MR) is 144 cm³/mol. The van der Waals surface area contributed by atoms with Gasteiger partial charge in [0.05, 0.1) is 16.4 Å². The van der Waals surface area contributed by atoms with E-state index in [0.29, 0.717) is 34.5 Å². The maximum absolute atomic E-state index is 15.0. The standard InChI is InChI=1S/C27H32ClFN6O/c1-16(31)4-2-5-17-12-21(25(29)22(28)13-17)24-14-19-15-35(27(36)34-26(19)33-24)20-9-7-18(8-10-20)23(32)6-3-11-30/h7-10,12-16,23H,2-6,11,30-32H2,1H3,(H,33,34,36)/t16-,23+/m0/s1. The van der Waals surface area contributed by atoms with Gasteiger partial charge in [0.15, 0.2) is 5.82 Å². The first-order chi connectivity index (χ1) is 17.3. The zero-order chi connectivity index (χ0) is 25.8. The Bertz CT molecular complexity index is 1400. The molecule has 0 aliphatic heterocycles. The van der Waals surface area contributed by atoms with Crippen molar-refractivity contribution in [2.75, 3.05) is 6.54 Å². The van der Waals surface area contributed by atoms with Crippen molar-refractivity contribution in [2.45, 2.75) is 51.1 Å². The Labute approximate surface area is 214 Å². The molecule has 0 bridgehead atoms. The number of rotatable bonds is 10. The highest BCUT2D eigenvalue weighted by molar-refractivity contribution is 6.31. The van der Waals surface area contributed by atoms with Crippen LogP contribution in [-0.2, 0) is 6.42 Å². The monoisotopic (exact) mass is 510 g/mol. The summed E-state index contributed by atoms with van der Waals surface area (Å²) in [6.45, 7) is 2.56. The van der Waals surface area contributed by atoms with Crippen molar-refractivity contribution >= 4 is 22.6 Å². The molecular formula is C27H32ClFN6O. The fraction of sp³-hybridized carbons (Fsp3) is 0.333. The van der Waals surface area contributed by atoms with Crippen LogP contribution in [0.3, 0.4) is 0 Å². The minimum Gasteiger partial charge on any atom is -0.339 e. The van der Waals surface area contributed by atoms with Gasteiger partial charge in [-0.25, -0.2) is 9.18 Å². The van der Waals surface area contributed by atoms with Gasteiger partial charge < -0.3 is 22.2 Å². The number of hydrogen-bond donors (Lipinski definition) is 4. The van der Waals surface area contributed by atoms with Crippen molar-refractivity contribution in [3.63, 3.8) is 0 Å². The van der Waals surface area contributed by atoms with Crippen LogP contribution in [0.5, 0.6) is 0 Å². The Kier molecular flexibility index (Phi) is 8.21. The number of nitrogens with zero attached hydrogens (tertiary/aromatic N) is 2. The van der Waals surface area contributed by atoms with Gasteiger partial charge >= 0.3 is 5.69 Å². The molecule has 0 aliphatic rings. The van der Waals surface area contributed by atoms with Gasteiger partial charge in [-0.1, -0.05) is 23.7 Å². The highest BCUT2D eigenvalue weighted by atomic mass is 35.5. The molecule has 0 unspecified atom stereocenters. The van der Waals surface area contributed by atoms with Gasteiger partial charge in [0, 0.05) is 29.2 Å². The highest BCUT2D eigenvalue weighted by Crippen LogP contribution is 2.31. The summed E-state index contributed by atoms with van der Waals surface area (Å²) in [6.07, 6.45) is 5.82. The lowest BCUT2D eigenvalue weighted by Crippen LogP contribution is -2.20. The largest absolute Gasteiger partial charge is 0.354 e. The third-order valence-corrected chi connectivity index (χ3v) is 6.60. The van der Waals surface area contributed by atoms with Crippen molar-refractivity contribution in [3.05, 3.63) is 81.1 Å². The Hall–Kier alpha value is -3.04. The summed E-state index contributed by atoms with van der Waals surface area (Å²) in [5, 5.41) is 0.727. The summed E-state index contributed by atoms with van der Waals surface area (Å²) in [5.41, 5.74) is 21.0. The number of nitrogens with one attached hydrogen (secondary N) is 1. The number of benzene rings is 2. The molecule has 0 radical (unpaired) electrons. The molecule has 190 valence electrons. The van der Waals surface area contributed by atoms with Gasteiger partial charge in [0.25, 0.3) is 0 Å². The molecule has 0 amide bonds. The molecule has 0 saturated heterocycles. The SMILES string of the molecule is C[C@H](N)CCCc1cc(Cl)c(F)c(-c2cc3cn(-c4ccc([C@H](N)CCCN)cc4)c(=O)nc3[nH]2)c1. The van der Waals surface area contributed by atoms with Gasteiger partial charge in [0.2, 0.25) is 0 Å². The Balaban J connectivity index is 1.64. The average molecular weight is 511 g/mol. The zero-order valence-electron chi connectivity index (χ0n) is 20.3. The van der Waals surface area contributed by atoms with Crippen molar-refractivity contribution in [1.82, 2.24) is 14.5 Å². The molecule has 36 heavy (non-hydrogen) atoms. The van der Waals surface area contributed by atoms with Crippen LogP contribution in [0.2, 0.25) is 5.02 Å². The van der Waals surface area contributed by atoms with Crippen LogP contribution >= 0.6 is 11.6 Å². The molecule has 7 nitrogen and oxygen atoms in total. The molecule has 2 heterocycles. The van der Waals surface area contributed by atoms with Gasteiger partial charge in [-0.3, -0.25) is 4.57 Å². The van der Waals surface area contributed by atoms with Crippen LogP contribution in [0.15, 0.2) is 53.5 Å². The second kappa shape index (κ2) is 11.3. The fourth-order valence-electron chi connectivity index (χ4n) is 4.32. The third-order valence-electron chi connectivity index (χ3n) is 6.33. The van der Waals surface area contributed by atoms with E-state index < -0.39 is 11.5 Å². The van der Waals surface area contributed by atoms with E-state index in [2.05, 4.69) is 9.97 Å². The minimum absolute atomic E-state index is 0.0549. The number of aromatic amines is 1. The number of H-pyrrole nitrogens is 1. The van der Waals surface area contributed by atoms with E-state index in [9.17, 15) is 9.18 Å². The van der Waals surface area contributed by atoms with Crippen molar-refractivity contribution in [2.24, 2.45) is 17.2 Å². The molecule has 0 spiro atoms. The zero-order valence-corrected chi connectivity index (χ0v) is 21.1. The summed E-state index contributed by atoms with van der Waals surface area (Å²) in [6, 6.07) is 12.7. The predicted octanol–water partition coefficient (Wildman–Crippen LogP) is 4.58. The van der Waals surface area contributed by atoms with E-state index in [-0.39, 0.29) is 17.1 Å². The van der Waals surface area contributed by atoms with Gasteiger partial charge in [-0.05, 0) is 87.0 Å². The van der Waals surface area contributed by atoms with Gasteiger partial charge in [-0.2, -0.15) is 4.98 Å². The number of aryl methyl sites for hydroxylation is 1. The number of nitrogens with two attached hydrogens (primary N) is 3. The molecule has 2 aromatic heterocycles. The van der Waals surface area contributed by atoms with Crippen LogP contribution in [-0.4, -0.2) is 27.1 Å². The summed E-state index contributed by atoms with van der Waals surface area (Å²) in [5.74, 6) is -0.518. The lowest BCUT2D eigenvalue weighted by molar-refractivity contribution is 0.618. The summed E-state index contributed by atoms with van der Waals surface area (Å²) in [7, 11) is 0. The second-order valence-electron chi connectivity index (χ2n) is 9.32. The smallest absolute Gasteiger partial charge is 0.339 e. The summed E-state index contributed by atoms with van der Waals surface area (Å²) in [4.78, 5) is 20.0. The Morgan fingerprint density at radius 3 is 2.56 bits per heavy atom. The fourth-order valence-corrected chi connectivity index (χ4v) is 4.57. The molecule has 2 atom stereocenters. The molecular weight excluding hydrogens is 479 g/mol. The molecule has 4 rings (SSSR count). The number of fused-ring (bicyclic) bond motifs is 1. The molecule has 4 aromatic rings. The quantitative estimate of drug-likeness (QED) is 0.248. The lowest BCUT2D eigenvalue weighted by atomic mass is 10.0. The number of halogens is 2. The summed E-state index contributed by atoms with van der Waals surface area (Å²) < 4.78 is 16.4. The lowest BCUT2D eigenvalue weighted by Gasteiger charge is -2.12. The van der Waals surface area contributed by atoms with E-state index in [0.717, 1.165) is 43.2 Å². The number of hydrogen-bond acceptors (Lipinski definition) is 5. The molecule has 9 heteroatoms. The molecule has 2 aromatic carbocycles. The first-order valence-corrected chi connectivity index (χ1v) is 12.6. The maximum atomic E-state index is 15.0. The summed E-state index contributed by atoms with van der Waals surface area (Å²) >= 11 is 6.20. The Morgan fingerprint density at radius 2 is 1.86 bits per heavy atom. The third kappa shape index (κ3) is 5.84. The van der Waals surface area contributed by atoms with Crippen LogP contribution in [0.1, 0.15) is 49.8 Å². The second-order valence-corrected chi connectivity index (χ2v) is 9.73. The van der Waals surface area contributed by atoms with Crippen molar-refractivity contribution in [1.29, 1.82) is 0 Å². The minimum atomic E-state index is -0.518. The number of aromatic nitrogens is 3. The van der Waals surface area contributed by atoms with Gasteiger partial charge in [-0.15, -0.1) is 0 Å². The van der Waals surface area contributed by atoms with E-state index in [1.807, 2.05) is 31.2 Å². The van der Waals surface area contributed by atoms with Crippen molar-refractivity contribution in [3.8, 4) is 16.9 Å². The van der Waals surface area contributed by atoms with Gasteiger partial charge in [0.1, 0.15) is 5.65 Å². The first-order valence-electron chi connectivity index (χ1n) is 12.2. The van der Waals surface area contributed by atoms with E-state index in [4.69, 9.17) is 28.8 Å². The molecule has 0 saturated carbocycles. The van der Waals surface area contributed by atoms with Crippen LogP contribution in [0, 0.1) is 5.82 Å². The molecule has 0 fully saturated rings. The van der Waals surface area contributed by atoms with E-state index in [1.54, 1.807) is 24.4 Å². The van der Waals surface area contributed by atoms with Crippen LogP contribution in [0.25, 0.3) is 28.0 Å².